The number of carbonyl (C=O) groups is 1. The number of amides is 1. The molecule has 2 rings (SSSR count). The summed E-state index contributed by atoms with van der Waals surface area (Å²) >= 11 is 0. The summed E-state index contributed by atoms with van der Waals surface area (Å²) in [5, 5.41) is 3.07. The third-order valence-corrected chi connectivity index (χ3v) is 3.71. The van der Waals surface area contributed by atoms with E-state index in [2.05, 4.69) is 5.32 Å². The fraction of sp³-hybridized carbons (Fsp3) is 0.500. The van der Waals surface area contributed by atoms with Gasteiger partial charge in [-0.25, -0.2) is 0 Å². The van der Waals surface area contributed by atoms with Gasteiger partial charge in [-0.3, -0.25) is 4.79 Å². The SMILES string of the molecule is CNC(COc1ccccc1C)(C(N)=O)C1CC1. The Hall–Kier alpha value is -1.55. The topological polar surface area (TPSA) is 64.3 Å². The summed E-state index contributed by atoms with van der Waals surface area (Å²) in [6.07, 6.45) is 2.06. The summed E-state index contributed by atoms with van der Waals surface area (Å²) in [5.74, 6) is 0.768. The van der Waals surface area contributed by atoms with Crippen molar-refractivity contribution in [2.75, 3.05) is 13.7 Å². The molecule has 1 aromatic carbocycles. The molecule has 1 aromatic rings. The number of nitrogens with two attached hydrogens (primary N) is 1. The number of benzene rings is 1. The van der Waals surface area contributed by atoms with Crippen molar-refractivity contribution in [1.29, 1.82) is 0 Å². The van der Waals surface area contributed by atoms with Crippen molar-refractivity contribution in [1.82, 2.24) is 5.32 Å². The van der Waals surface area contributed by atoms with Crippen molar-refractivity contribution < 1.29 is 9.53 Å². The minimum atomic E-state index is -0.734. The maximum atomic E-state index is 11.7. The van der Waals surface area contributed by atoms with Crippen LogP contribution in [0, 0.1) is 12.8 Å². The number of aryl methyl sites for hydroxylation is 1. The molecule has 0 bridgehead atoms. The second-order valence-corrected chi connectivity index (χ2v) is 4.91. The van der Waals surface area contributed by atoms with Gasteiger partial charge in [0.2, 0.25) is 5.91 Å². The fourth-order valence-corrected chi connectivity index (χ4v) is 2.28. The molecule has 98 valence electrons. The van der Waals surface area contributed by atoms with E-state index < -0.39 is 5.54 Å². The molecule has 0 aliphatic heterocycles. The Morgan fingerprint density at radius 1 is 1.50 bits per heavy atom. The van der Waals surface area contributed by atoms with Crippen molar-refractivity contribution in [2.24, 2.45) is 11.7 Å². The Morgan fingerprint density at radius 3 is 2.67 bits per heavy atom. The molecular formula is C14H20N2O2. The lowest BCUT2D eigenvalue weighted by atomic mass is 9.93. The van der Waals surface area contributed by atoms with E-state index in [0.717, 1.165) is 24.2 Å². The van der Waals surface area contributed by atoms with Gasteiger partial charge in [0.15, 0.2) is 0 Å². The van der Waals surface area contributed by atoms with Crippen LogP contribution in [0.25, 0.3) is 0 Å². The first-order valence-electron chi connectivity index (χ1n) is 6.27. The zero-order valence-electron chi connectivity index (χ0n) is 10.9. The van der Waals surface area contributed by atoms with Crippen LogP contribution in [0.5, 0.6) is 5.75 Å². The normalized spacial score (nSPS) is 18.1. The van der Waals surface area contributed by atoms with Gasteiger partial charge in [-0.15, -0.1) is 0 Å². The Balaban J connectivity index is 2.11. The fourth-order valence-electron chi connectivity index (χ4n) is 2.28. The number of likely N-dealkylation sites (N-methyl/N-ethyl adjacent to an activating group) is 1. The van der Waals surface area contributed by atoms with E-state index in [4.69, 9.17) is 10.5 Å². The van der Waals surface area contributed by atoms with E-state index >= 15 is 0 Å². The van der Waals surface area contributed by atoms with Gasteiger partial charge in [0.05, 0.1) is 0 Å². The van der Waals surface area contributed by atoms with Gasteiger partial charge in [0, 0.05) is 0 Å². The molecule has 18 heavy (non-hydrogen) atoms. The molecule has 1 unspecified atom stereocenters. The molecule has 1 atom stereocenters. The summed E-state index contributed by atoms with van der Waals surface area (Å²) in [4.78, 5) is 11.7. The van der Waals surface area contributed by atoms with E-state index in [1.165, 1.54) is 0 Å². The second-order valence-electron chi connectivity index (χ2n) is 4.91. The molecule has 1 fully saturated rings. The Morgan fingerprint density at radius 2 is 2.17 bits per heavy atom. The first kappa shape index (κ1) is 12.9. The van der Waals surface area contributed by atoms with Gasteiger partial charge in [-0.2, -0.15) is 0 Å². The third kappa shape index (κ3) is 2.34. The first-order valence-corrected chi connectivity index (χ1v) is 6.27. The lowest BCUT2D eigenvalue weighted by molar-refractivity contribution is -0.126. The number of para-hydroxylation sites is 1. The molecule has 3 N–H and O–H groups in total. The average Bonchev–Trinajstić information content (AvgIpc) is 3.17. The number of rotatable bonds is 6. The third-order valence-electron chi connectivity index (χ3n) is 3.71. The highest BCUT2D eigenvalue weighted by Crippen LogP contribution is 2.40. The molecule has 0 aromatic heterocycles. The van der Waals surface area contributed by atoms with Crippen LogP contribution < -0.4 is 15.8 Å². The predicted octanol–water partition coefficient (Wildman–Crippen LogP) is 1.23. The van der Waals surface area contributed by atoms with E-state index in [1.54, 1.807) is 7.05 Å². The van der Waals surface area contributed by atoms with Crippen LogP contribution in [0.2, 0.25) is 0 Å². The average molecular weight is 248 g/mol. The van der Waals surface area contributed by atoms with Crippen molar-refractivity contribution >= 4 is 5.91 Å². The Labute approximate surface area is 108 Å². The summed E-state index contributed by atoms with van der Waals surface area (Å²) < 4.78 is 5.79. The predicted molar refractivity (Wildman–Crippen MR) is 70.4 cm³/mol. The Kier molecular flexibility index (Phi) is 3.57. The van der Waals surface area contributed by atoms with Crippen LogP contribution in [0.4, 0.5) is 0 Å². The molecular weight excluding hydrogens is 228 g/mol. The summed E-state index contributed by atoms with van der Waals surface area (Å²) in [6.45, 7) is 2.27. The lowest BCUT2D eigenvalue weighted by Crippen LogP contribution is -2.59. The highest BCUT2D eigenvalue weighted by molar-refractivity contribution is 5.85. The highest BCUT2D eigenvalue weighted by Gasteiger charge is 2.49. The van der Waals surface area contributed by atoms with Gasteiger partial charge in [-0.1, -0.05) is 18.2 Å². The molecule has 1 aliphatic carbocycles. The first-order chi connectivity index (χ1) is 8.60. The van der Waals surface area contributed by atoms with E-state index in [-0.39, 0.29) is 12.5 Å². The standard InChI is InChI=1S/C14H20N2O2/c1-10-5-3-4-6-12(10)18-9-14(16-2,13(15)17)11-7-8-11/h3-6,11,16H,7-9H2,1-2H3,(H2,15,17). The van der Waals surface area contributed by atoms with E-state index in [9.17, 15) is 4.79 Å². The number of carbonyl (C=O) groups excluding carboxylic acids is 1. The van der Waals surface area contributed by atoms with Crippen LogP contribution in [-0.2, 0) is 4.79 Å². The Bertz CT molecular complexity index is 443. The monoisotopic (exact) mass is 248 g/mol. The van der Waals surface area contributed by atoms with Crippen LogP contribution >= 0.6 is 0 Å². The van der Waals surface area contributed by atoms with Crippen molar-refractivity contribution in [3.63, 3.8) is 0 Å². The van der Waals surface area contributed by atoms with E-state index in [0.29, 0.717) is 5.92 Å². The van der Waals surface area contributed by atoms with Crippen LogP contribution in [0.15, 0.2) is 24.3 Å². The maximum Gasteiger partial charge on any atom is 0.241 e. The minimum absolute atomic E-state index is 0.286. The summed E-state index contributed by atoms with van der Waals surface area (Å²) in [7, 11) is 1.77. The number of ether oxygens (including phenoxy) is 1. The zero-order chi connectivity index (χ0) is 13.2. The molecule has 1 saturated carbocycles. The van der Waals surface area contributed by atoms with Gasteiger partial charge >= 0.3 is 0 Å². The second kappa shape index (κ2) is 4.98. The quantitative estimate of drug-likeness (QED) is 0.795. The molecule has 0 saturated heterocycles. The van der Waals surface area contributed by atoms with Gasteiger partial charge < -0.3 is 15.8 Å². The smallest absolute Gasteiger partial charge is 0.241 e. The molecule has 4 heteroatoms. The molecule has 1 amide bonds. The number of nitrogens with one attached hydrogen (secondary N) is 1. The minimum Gasteiger partial charge on any atom is -0.491 e. The molecule has 0 radical (unpaired) electrons. The molecule has 0 heterocycles. The zero-order valence-corrected chi connectivity index (χ0v) is 10.9. The van der Waals surface area contributed by atoms with Gasteiger partial charge in [-0.05, 0) is 44.4 Å². The number of primary amides is 1. The molecule has 0 spiro atoms. The van der Waals surface area contributed by atoms with Gasteiger partial charge in [0.25, 0.3) is 0 Å². The van der Waals surface area contributed by atoms with Crippen molar-refractivity contribution in [2.45, 2.75) is 25.3 Å². The largest absolute Gasteiger partial charge is 0.491 e. The van der Waals surface area contributed by atoms with Crippen LogP contribution in [-0.4, -0.2) is 25.1 Å². The summed E-state index contributed by atoms with van der Waals surface area (Å²) in [6, 6.07) is 7.77. The maximum absolute atomic E-state index is 11.7. The number of hydrogen-bond acceptors (Lipinski definition) is 3. The molecule has 1 aliphatic rings. The van der Waals surface area contributed by atoms with Crippen molar-refractivity contribution in [3.05, 3.63) is 29.8 Å². The lowest BCUT2D eigenvalue weighted by Gasteiger charge is -2.30. The number of hydrogen-bond donors (Lipinski definition) is 2. The summed E-state index contributed by atoms with van der Waals surface area (Å²) in [5.41, 5.74) is 5.87. The van der Waals surface area contributed by atoms with Crippen molar-refractivity contribution in [3.8, 4) is 5.75 Å². The van der Waals surface area contributed by atoms with E-state index in [1.807, 2.05) is 31.2 Å². The van der Waals surface area contributed by atoms with Crippen LogP contribution in [0.3, 0.4) is 0 Å². The molecule has 4 nitrogen and oxygen atoms in total. The van der Waals surface area contributed by atoms with Crippen LogP contribution in [0.1, 0.15) is 18.4 Å². The van der Waals surface area contributed by atoms with Gasteiger partial charge in [0.1, 0.15) is 17.9 Å². The highest BCUT2D eigenvalue weighted by atomic mass is 16.5.